The van der Waals surface area contributed by atoms with Gasteiger partial charge in [0.25, 0.3) is 0 Å². The van der Waals surface area contributed by atoms with E-state index in [1.165, 1.54) is 0 Å². The summed E-state index contributed by atoms with van der Waals surface area (Å²) in [6.07, 6.45) is 1.88. The molecule has 2 atom stereocenters. The summed E-state index contributed by atoms with van der Waals surface area (Å²) < 4.78 is 16.6. The quantitative estimate of drug-likeness (QED) is 0.443. The van der Waals surface area contributed by atoms with Crippen molar-refractivity contribution in [3.63, 3.8) is 0 Å². The van der Waals surface area contributed by atoms with E-state index in [9.17, 15) is 5.11 Å². The Morgan fingerprint density at radius 3 is 2.36 bits per heavy atom. The second-order valence-electron chi connectivity index (χ2n) is 7.66. The lowest BCUT2D eigenvalue weighted by Gasteiger charge is -2.33. The van der Waals surface area contributed by atoms with Crippen molar-refractivity contribution in [2.24, 2.45) is 0 Å². The number of nitrogens with one attached hydrogen (secondary N) is 2. The van der Waals surface area contributed by atoms with Crippen LogP contribution in [-0.2, 0) is 0 Å². The van der Waals surface area contributed by atoms with E-state index < -0.39 is 0 Å². The summed E-state index contributed by atoms with van der Waals surface area (Å²) in [4.78, 5) is 0. The molecule has 2 unspecified atom stereocenters. The Balaban J connectivity index is 1.74. The highest BCUT2D eigenvalue weighted by molar-refractivity contribution is 5.67. The van der Waals surface area contributed by atoms with Gasteiger partial charge < -0.3 is 24.6 Å². The number of ether oxygens (including phenoxy) is 3. The van der Waals surface area contributed by atoms with Gasteiger partial charge in [0.2, 0.25) is 0 Å². The normalized spacial score (nSPS) is 17.6. The van der Waals surface area contributed by atoms with Crippen molar-refractivity contribution in [2.45, 2.75) is 26.1 Å². The third-order valence-electron chi connectivity index (χ3n) is 5.55. The number of benzene rings is 3. The molecule has 6 nitrogen and oxygen atoms in total. The Bertz CT molecular complexity index is 1110. The molecule has 0 bridgehead atoms. The Morgan fingerprint density at radius 1 is 0.879 bits per heavy atom. The van der Waals surface area contributed by atoms with Crippen molar-refractivity contribution in [3.8, 4) is 23.0 Å². The van der Waals surface area contributed by atoms with Crippen LogP contribution in [0.4, 0.5) is 0 Å². The lowest BCUT2D eigenvalue weighted by atomic mass is 9.97. The summed E-state index contributed by atoms with van der Waals surface area (Å²) in [5, 5.41) is 18.1. The fraction of sp³-hybridized carbons (Fsp3) is 0.259. The van der Waals surface area contributed by atoms with Crippen molar-refractivity contribution < 1.29 is 19.3 Å². The zero-order chi connectivity index (χ0) is 23.2. The first kappa shape index (κ1) is 22.6. The van der Waals surface area contributed by atoms with Crippen LogP contribution in [0.1, 0.15) is 42.7 Å². The highest BCUT2D eigenvalue weighted by atomic mass is 16.5. The van der Waals surface area contributed by atoms with Crippen LogP contribution >= 0.6 is 0 Å². The number of phenolic OH excluding ortho intramolecular Hbond substituents is 1. The number of rotatable bonds is 8. The molecule has 0 aromatic heterocycles. The van der Waals surface area contributed by atoms with Crippen LogP contribution in [0, 0.1) is 0 Å². The maximum atomic E-state index is 10.9. The van der Waals surface area contributed by atoms with E-state index in [2.05, 4.69) is 16.7 Å². The van der Waals surface area contributed by atoms with Crippen molar-refractivity contribution in [2.75, 3.05) is 20.3 Å². The molecule has 3 N–H and O–H groups in total. The first-order valence-electron chi connectivity index (χ1n) is 11.2. The summed E-state index contributed by atoms with van der Waals surface area (Å²) >= 11 is 0. The highest BCUT2D eigenvalue weighted by Gasteiger charge is 2.27. The minimum Gasteiger partial charge on any atom is -0.504 e. The van der Waals surface area contributed by atoms with Gasteiger partial charge in [0.15, 0.2) is 11.5 Å². The molecule has 0 fully saturated rings. The molecule has 33 heavy (non-hydrogen) atoms. The number of hydrogen-bond acceptors (Lipinski definition) is 6. The monoisotopic (exact) mass is 446 g/mol. The van der Waals surface area contributed by atoms with Gasteiger partial charge in [-0.15, -0.1) is 0 Å². The van der Waals surface area contributed by atoms with E-state index in [0.29, 0.717) is 19.0 Å². The van der Waals surface area contributed by atoms with E-state index in [1.807, 2.05) is 74.5 Å². The second kappa shape index (κ2) is 10.3. The zero-order valence-electron chi connectivity index (χ0n) is 19.2. The first-order valence-corrected chi connectivity index (χ1v) is 11.2. The number of methoxy groups -OCH3 is 1. The molecule has 0 saturated heterocycles. The van der Waals surface area contributed by atoms with Crippen molar-refractivity contribution >= 4 is 5.70 Å². The molecule has 3 aromatic carbocycles. The number of para-hydroxylation sites is 1. The van der Waals surface area contributed by atoms with E-state index in [-0.39, 0.29) is 18.0 Å². The standard InChI is InChI=1S/C27H30N2O4/c1-4-32-20-14-12-18(13-15-20)23-17-24(22-10-7-11-25(26(22)30)33-5-2)29-27(28-23)19-8-6-9-21(16-19)31-3/h6-17,24,27-30H,4-5H2,1-3H3. The maximum absolute atomic E-state index is 10.9. The van der Waals surface area contributed by atoms with Crippen LogP contribution in [0.3, 0.4) is 0 Å². The summed E-state index contributed by atoms with van der Waals surface area (Å²) in [5.41, 5.74) is 3.75. The van der Waals surface area contributed by atoms with Gasteiger partial charge in [0, 0.05) is 11.3 Å². The maximum Gasteiger partial charge on any atom is 0.162 e. The number of hydrogen-bond donors (Lipinski definition) is 3. The molecular weight excluding hydrogens is 416 g/mol. The van der Waals surface area contributed by atoms with Crippen LogP contribution in [0.25, 0.3) is 5.70 Å². The molecule has 0 radical (unpaired) electrons. The van der Waals surface area contributed by atoms with Gasteiger partial charge in [-0.05, 0) is 73.5 Å². The van der Waals surface area contributed by atoms with Crippen molar-refractivity contribution in [3.05, 3.63) is 89.5 Å². The molecule has 3 aromatic rings. The zero-order valence-corrected chi connectivity index (χ0v) is 19.2. The molecule has 0 aliphatic carbocycles. The Hall–Kier alpha value is -3.64. The predicted octanol–water partition coefficient (Wildman–Crippen LogP) is 5.17. The predicted molar refractivity (Wildman–Crippen MR) is 130 cm³/mol. The molecule has 0 amide bonds. The molecule has 1 aliphatic heterocycles. The SMILES string of the molecule is CCOc1ccc(C2=CC(c3cccc(OCC)c3O)NC(c3cccc(OC)c3)N2)cc1. The fourth-order valence-corrected chi connectivity index (χ4v) is 3.96. The minimum atomic E-state index is -0.246. The molecule has 172 valence electrons. The summed E-state index contributed by atoms with van der Waals surface area (Å²) in [6, 6.07) is 21.3. The second-order valence-corrected chi connectivity index (χ2v) is 7.66. The molecule has 1 aliphatic rings. The van der Waals surface area contributed by atoms with Crippen LogP contribution in [0.5, 0.6) is 23.0 Å². The number of aromatic hydroxyl groups is 1. The Morgan fingerprint density at radius 2 is 1.64 bits per heavy atom. The third kappa shape index (κ3) is 5.07. The van der Waals surface area contributed by atoms with Gasteiger partial charge >= 0.3 is 0 Å². The molecule has 1 heterocycles. The van der Waals surface area contributed by atoms with E-state index in [4.69, 9.17) is 14.2 Å². The van der Waals surface area contributed by atoms with E-state index >= 15 is 0 Å². The van der Waals surface area contributed by atoms with Crippen LogP contribution < -0.4 is 24.8 Å². The molecule has 0 saturated carbocycles. The third-order valence-corrected chi connectivity index (χ3v) is 5.55. The van der Waals surface area contributed by atoms with Gasteiger partial charge in [-0.25, -0.2) is 0 Å². The lowest BCUT2D eigenvalue weighted by molar-refractivity contribution is 0.314. The lowest BCUT2D eigenvalue weighted by Crippen LogP contribution is -2.39. The smallest absolute Gasteiger partial charge is 0.162 e. The fourth-order valence-electron chi connectivity index (χ4n) is 3.96. The van der Waals surface area contributed by atoms with Crippen LogP contribution in [-0.4, -0.2) is 25.4 Å². The average molecular weight is 447 g/mol. The summed E-state index contributed by atoms with van der Waals surface area (Å²) in [7, 11) is 1.66. The van der Waals surface area contributed by atoms with Gasteiger partial charge in [-0.1, -0.05) is 24.3 Å². The first-order chi connectivity index (χ1) is 16.1. The van der Waals surface area contributed by atoms with Gasteiger partial charge in [0.1, 0.15) is 17.7 Å². The van der Waals surface area contributed by atoms with E-state index in [1.54, 1.807) is 13.2 Å². The largest absolute Gasteiger partial charge is 0.504 e. The average Bonchev–Trinajstić information content (AvgIpc) is 2.86. The summed E-state index contributed by atoms with van der Waals surface area (Å²) in [6.45, 7) is 4.98. The molecular formula is C27H30N2O4. The van der Waals surface area contributed by atoms with Gasteiger partial charge in [0.05, 0.1) is 26.4 Å². The van der Waals surface area contributed by atoms with Crippen molar-refractivity contribution in [1.82, 2.24) is 10.6 Å². The highest BCUT2D eigenvalue weighted by Crippen LogP contribution is 2.38. The minimum absolute atomic E-state index is 0.144. The Kier molecular flexibility index (Phi) is 7.05. The van der Waals surface area contributed by atoms with Crippen LogP contribution in [0.15, 0.2) is 72.8 Å². The molecule has 4 rings (SSSR count). The van der Waals surface area contributed by atoms with Crippen molar-refractivity contribution in [1.29, 1.82) is 0 Å². The number of phenols is 1. The topological polar surface area (TPSA) is 72.0 Å². The van der Waals surface area contributed by atoms with Gasteiger partial charge in [-0.2, -0.15) is 0 Å². The van der Waals surface area contributed by atoms with Crippen LogP contribution in [0.2, 0.25) is 0 Å². The molecule has 0 spiro atoms. The van der Waals surface area contributed by atoms with Gasteiger partial charge in [-0.3, -0.25) is 5.32 Å². The summed E-state index contributed by atoms with van der Waals surface area (Å²) in [5.74, 6) is 2.24. The Labute approximate surface area is 194 Å². The van der Waals surface area contributed by atoms with E-state index in [0.717, 1.165) is 33.9 Å². The molecule has 6 heteroatoms.